The standard InChI is InChI=1S/C15H23FN2O/c1-10-6-7-18(9-15(10)19)14-5-4-12(8-13(14)16)11(2)17-3/h4-5,8,10-11,15,17,19H,6-7,9H2,1-3H3. The normalized spacial score (nSPS) is 25.4. The Balaban J connectivity index is 2.17. The highest BCUT2D eigenvalue weighted by molar-refractivity contribution is 5.50. The third kappa shape index (κ3) is 3.07. The van der Waals surface area contributed by atoms with Crippen molar-refractivity contribution in [1.82, 2.24) is 5.32 Å². The van der Waals surface area contributed by atoms with Gasteiger partial charge in [0, 0.05) is 19.1 Å². The molecule has 1 aromatic carbocycles. The highest BCUT2D eigenvalue weighted by atomic mass is 19.1. The molecule has 0 radical (unpaired) electrons. The zero-order valence-electron chi connectivity index (χ0n) is 11.9. The van der Waals surface area contributed by atoms with Gasteiger partial charge in [-0.05, 0) is 44.0 Å². The highest BCUT2D eigenvalue weighted by Gasteiger charge is 2.25. The molecule has 3 nitrogen and oxygen atoms in total. The lowest BCUT2D eigenvalue weighted by atomic mass is 9.95. The molecular weight excluding hydrogens is 243 g/mol. The predicted octanol–water partition coefficient (Wildman–Crippen LogP) is 2.31. The van der Waals surface area contributed by atoms with Gasteiger partial charge in [-0.25, -0.2) is 4.39 Å². The van der Waals surface area contributed by atoms with Crippen LogP contribution in [0, 0.1) is 11.7 Å². The van der Waals surface area contributed by atoms with Gasteiger partial charge in [-0.1, -0.05) is 13.0 Å². The number of β-amino-alcohol motifs (C(OH)–C–C–N with tert-alkyl or cyclic N) is 1. The molecule has 1 fully saturated rings. The van der Waals surface area contributed by atoms with Crippen LogP contribution in [0.2, 0.25) is 0 Å². The Hall–Kier alpha value is -1.13. The van der Waals surface area contributed by atoms with Gasteiger partial charge in [0.2, 0.25) is 0 Å². The molecule has 0 spiro atoms. The summed E-state index contributed by atoms with van der Waals surface area (Å²) in [6.45, 7) is 5.35. The van der Waals surface area contributed by atoms with Crippen LogP contribution in [0.25, 0.3) is 0 Å². The van der Waals surface area contributed by atoms with Crippen molar-refractivity contribution < 1.29 is 9.50 Å². The molecule has 1 aliphatic heterocycles. The monoisotopic (exact) mass is 266 g/mol. The Bertz CT molecular complexity index is 438. The lowest BCUT2D eigenvalue weighted by Gasteiger charge is -2.36. The summed E-state index contributed by atoms with van der Waals surface area (Å²) in [5.41, 5.74) is 1.53. The minimum absolute atomic E-state index is 0.135. The molecule has 0 saturated carbocycles. The molecule has 3 atom stereocenters. The van der Waals surface area contributed by atoms with Gasteiger partial charge in [0.05, 0.1) is 11.8 Å². The number of benzene rings is 1. The molecular formula is C15H23FN2O. The maximum atomic E-state index is 14.2. The van der Waals surface area contributed by atoms with E-state index in [-0.39, 0.29) is 18.0 Å². The number of hydrogen-bond donors (Lipinski definition) is 2. The molecule has 106 valence electrons. The zero-order valence-corrected chi connectivity index (χ0v) is 11.9. The van der Waals surface area contributed by atoms with Crippen LogP contribution in [-0.2, 0) is 0 Å². The number of hydrogen-bond acceptors (Lipinski definition) is 3. The molecule has 4 heteroatoms. The average Bonchev–Trinajstić information content (AvgIpc) is 2.41. The third-order valence-corrected chi connectivity index (χ3v) is 4.16. The molecule has 0 bridgehead atoms. The van der Waals surface area contributed by atoms with Gasteiger partial charge in [-0.3, -0.25) is 0 Å². The summed E-state index contributed by atoms with van der Waals surface area (Å²) >= 11 is 0. The van der Waals surface area contributed by atoms with Crippen molar-refractivity contribution in [2.75, 3.05) is 25.0 Å². The molecule has 1 aliphatic rings. The molecule has 0 aliphatic carbocycles. The number of aliphatic hydroxyl groups excluding tert-OH is 1. The summed E-state index contributed by atoms with van der Waals surface area (Å²) in [7, 11) is 1.86. The van der Waals surface area contributed by atoms with Crippen LogP contribution in [-0.4, -0.2) is 31.3 Å². The summed E-state index contributed by atoms with van der Waals surface area (Å²) in [4.78, 5) is 1.94. The first-order valence-corrected chi connectivity index (χ1v) is 6.92. The summed E-state index contributed by atoms with van der Waals surface area (Å²) < 4.78 is 14.2. The number of piperidine rings is 1. The Labute approximate surface area is 114 Å². The van der Waals surface area contributed by atoms with Crippen LogP contribution in [0.15, 0.2) is 18.2 Å². The second-order valence-corrected chi connectivity index (χ2v) is 5.50. The first kappa shape index (κ1) is 14.3. The Kier molecular flexibility index (Phi) is 4.42. The van der Waals surface area contributed by atoms with Crippen LogP contribution in [0.3, 0.4) is 0 Å². The summed E-state index contributed by atoms with van der Waals surface area (Å²) in [5, 5.41) is 13.0. The van der Waals surface area contributed by atoms with Gasteiger partial charge in [0.15, 0.2) is 0 Å². The Morgan fingerprint density at radius 1 is 1.47 bits per heavy atom. The summed E-state index contributed by atoms with van der Waals surface area (Å²) in [6.07, 6.45) is 0.527. The van der Waals surface area contributed by atoms with Crippen LogP contribution < -0.4 is 10.2 Å². The summed E-state index contributed by atoms with van der Waals surface area (Å²) in [6, 6.07) is 5.49. The van der Waals surface area contributed by atoms with E-state index < -0.39 is 0 Å². The second kappa shape index (κ2) is 5.88. The largest absolute Gasteiger partial charge is 0.391 e. The fourth-order valence-corrected chi connectivity index (χ4v) is 2.48. The molecule has 19 heavy (non-hydrogen) atoms. The van der Waals surface area contributed by atoms with E-state index in [4.69, 9.17) is 0 Å². The van der Waals surface area contributed by atoms with Crippen molar-refractivity contribution in [2.24, 2.45) is 5.92 Å². The van der Waals surface area contributed by atoms with Crippen molar-refractivity contribution >= 4 is 5.69 Å². The average molecular weight is 266 g/mol. The van der Waals surface area contributed by atoms with E-state index in [0.29, 0.717) is 18.2 Å². The Morgan fingerprint density at radius 2 is 2.21 bits per heavy atom. The van der Waals surface area contributed by atoms with Gasteiger partial charge in [-0.15, -0.1) is 0 Å². The van der Waals surface area contributed by atoms with Crippen LogP contribution >= 0.6 is 0 Å². The van der Waals surface area contributed by atoms with Gasteiger partial charge in [-0.2, -0.15) is 0 Å². The lowest BCUT2D eigenvalue weighted by Crippen LogP contribution is -2.43. The maximum absolute atomic E-state index is 14.2. The molecule has 3 unspecified atom stereocenters. The maximum Gasteiger partial charge on any atom is 0.146 e. The van der Waals surface area contributed by atoms with E-state index in [1.165, 1.54) is 0 Å². The van der Waals surface area contributed by atoms with E-state index in [0.717, 1.165) is 18.5 Å². The second-order valence-electron chi connectivity index (χ2n) is 5.50. The third-order valence-electron chi connectivity index (χ3n) is 4.16. The number of rotatable bonds is 3. The predicted molar refractivity (Wildman–Crippen MR) is 75.9 cm³/mol. The smallest absolute Gasteiger partial charge is 0.146 e. The van der Waals surface area contributed by atoms with E-state index in [1.807, 2.05) is 37.9 Å². The van der Waals surface area contributed by atoms with E-state index >= 15 is 0 Å². The number of nitrogens with one attached hydrogen (secondary N) is 1. The highest BCUT2D eigenvalue weighted by Crippen LogP contribution is 2.27. The molecule has 1 aromatic rings. The fraction of sp³-hybridized carbons (Fsp3) is 0.600. The van der Waals surface area contributed by atoms with Crippen molar-refractivity contribution in [3.8, 4) is 0 Å². The molecule has 2 rings (SSSR count). The van der Waals surface area contributed by atoms with E-state index in [2.05, 4.69) is 5.32 Å². The number of anilines is 1. The first-order chi connectivity index (χ1) is 9.02. The molecule has 0 aromatic heterocycles. The van der Waals surface area contributed by atoms with Gasteiger partial charge < -0.3 is 15.3 Å². The molecule has 1 saturated heterocycles. The zero-order chi connectivity index (χ0) is 14.0. The molecule has 1 heterocycles. The van der Waals surface area contributed by atoms with Crippen LogP contribution in [0.1, 0.15) is 31.9 Å². The van der Waals surface area contributed by atoms with E-state index in [1.54, 1.807) is 6.07 Å². The molecule has 2 N–H and O–H groups in total. The van der Waals surface area contributed by atoms with Crippen molar-refractivity contribution in [3.05, 3.63) is 29.6 Å². The van der Waals surface area contributed by atoms with Gasteiger partial charge in [0.25, 0.3) is 0 Å². The fourth-order valence-electron chi connectivity index (χ4n) is 2.48. The first-order valence-electron chi connectivity index (χ1n) is 6.92. The van der Waals surface area contributed by atoms with Crippen LogP contribution in [0.4, 0.5) is 10.1 Å². The Morgan fingerprint density at radius 3 is 2.79 bits per heavy atom. The summed E-state index contributed by atoms with van der Waals surface area (Å²) in [5.74, 6) is 0.0873. The number of nitrogens with zero attached hydrogens (tertiary/aromatic N) is 1. The topological polar surface area (TPSA) is 35.5 Å². The number of halogens is 1. The van der Waals surface area contributed by atoms with Crippen molar-refractivity contribution in [3.63, 3.8) is 0 Å². The van der Waals surface area contributed by atoms with Gasteiger partial charge in [0.1, 0.15) is 5.82 Å². The van der Waals surface area contributed by atoms with Crippen molar-refractivity contribution in [2.45, 2.75) is 32.4 Å². The van der Waals surface area contributed by atoms with Crippen molar-refractivity contribution in [1.29, 1.82) is 0 Å². The SMILES string of the molecule is CNC(C)c1ccc(N2CCC(C)C(O)C2)c(F)c1. The minimum atomic E-state index is -0.371. The van der Waals surface area contributed by atoms with Crippen LogP contribution in [0.5, 0.6) is 0 Å². The van der Waals surface area contributed by atoms with E-state index in [9.17, 15) is 9.50 Å². The lowest BCUT2D eigenvalue weighted by molar-refractivity contribution is 0.102. The minimum Gasteiger partial charge on any atom is -0.391 e. The quantitative estimate of drug-likeness (QED) is 0.881. The molecule has 0 amide bonds. The van der Waals surface area contributed by atoms with Gasteiger partial charge >= 0.3 is 0 Å². The number of aliphatic hydroxyl groups is 1.